The number of thiocarbonyl (C=S) groups is 1. The highest BCUT2D eigenvalue weighted by atomic mass is 32.1. The highest BCUT2D eigenvalue weighted by Crippen LogP contribution is 2.33. The van der Waals surface area contributed by atoms with Gasteiger partial charge in [-0.05, 0) is 78.1 Å². The predicted molar refractivity (Wildman–Crippen MR) is 135 cm³/mol. The minimum Gasteiger partial charge on any atom is -0.507 e. The predicted octanol–water partition coefficient (Wildman–Crippen LogP) is 6.01. The van der Waals surface area contributed by atoms with Crippen molar-refractivity contribution in [1.82, 2.24) is 10.3 Å². The minimum atomic E-state index is -0.299. The first kappa shape index (κ1) is 22.5. The largest absolute Gasteiger partial charge is 0.507 e. The number of carbonyl (C=O) groups excluding carboxylic acids is 1. The molecule has 0 atom stereocenters. The summed E-state index contributed by atoms with van der Waals surface area (Å²) in [5.41, 5.74) is 5.22. The second kappa shape index (κ2) is 9.42. The normalized spacial score (nSPS) is 11.0. The summed E-state index contributed by atoms with van der Waals surface area (Å²) in [7, 11) is 0. The zero-order valence-corrected chi connectivity index (χ0v) is 19.5. The topological polar surface area (TPSA) is 87.4 Å². The third-order valence-corrected chi connectivity index (χ3v) is 5.62. The van der Waals surface area contributed by atoms with Crippen molar-refractivity contribution in [3.8, 4) is 17.2 Å². The molecule has 0 spiro atoms. The average Bonchev–Trinajstić information content (AvgIpc) is 3.23. The van der Waals surface area contributed by atoms with Crippen LogP contribution < -0.4 is 10.6 Å². The van der Waals surface area contributed by atoms with E-state index in [1.807, 2.05) is 30.3 Å². The number of hydrogen-bond acceptors (Lipinski definition) is 5. The zero-order valence-electron chi connectivity index (χ0n) is 18.7. The Kier molecular flexibility index (Phi) is 6.42. The van der Waals surface area contributed by atoms with Crippen molar-refractivity contribution in [3.63, 3.8) is 0 Å². The van der Waals surface area contributed by atoms with Crippen molar-refractivity contribution in [2.24, 2.45) is 0 Å². The molecule has 0 saturated heterocycles. The van der Waals surface area contributed by atoms with Crippen molar-refractivity contribution < 1.29 is 14.3 Å². The molecule has 0 fully saturated rings. The van der Waals surface area contributed by atoms with Gasteiger partial charge in [-0.25, -0.2) is 4.98 Å². The summed E-state index contributed by atoms with van der Waals surface area (Å²) in [6.07, 6.45) is 0.897. The lowest BCUT2D eigenvalue weighted by Crippen LogP contribution is -2.34. The van der Waals surface area contributed by atoms with Gasteiger partial charge in [0.1, 0.15) is 11.3 Å². The summed E-state index contributed by atoms with van der Waals surface area (Å²) in [6.45, 7) is 6.28. The number of nitrogens with zero attached hydrogens (tertiary/aromatic N) is 1. The van der Waals surface area contributed by atoms with E-state index in [4.69, 9.17) is 16.6 Å². The number of carbonyl (C=O) groups is 1. The number of anilines is 1. The quantitative estimate of drug-likeness (QED) is 0.250. The highest BCUT2D eigenvalue weighted by molar-refractivity contribution is 7.80. The maximum absolute atomic E-state index is 12.5. The molecule has 0 radical (unpaired) electrons. The van der Waals surface area contributed by atoms with Crippen LogP contribution in [0.2, 0.25) is 0 Å². The van der Waals surface area contributed by atoms with Crippen LogP contribution in [-0.4, -0.2) is 21.1 Å². The lowest BCUT2D eigenvalue weighted by Gasteiger charge is -2.11. The molecule has 3 aromatic carbocycles. The molecule has 1 aromatic heterocycles. The van der Waals surface area contributed by atoms with Crippen LogP contribution in [0.25, 0.3) is 22.6 Å². The van der Waals surface area contributed by atoms with Crippen LogP contribution in [0.1, 0.15) is 48.2 Å². The number of rotatable bonds is 5. The maximum atomic E-state index is 12.5. The van der Waals surface area contributed by atoms with Crippen LogP contribution in [0.5, 0.6) is 5.75 Å². The molecule has 3 N–H and O–H groups in total. The van der Waals surface area contributed by atoms with Crippen LogP contribution in [0.15, 0.2) is 65.1 Å². The van der Waals surface area contributed by atoms with E-state index < -0.39 is 0 Å². The van der Waals surface area contributed by atoms with Gasteiger partial charge in [0, 0.05) is 11.3 Å². The maximum Gasteiger partial charge on any atom is 0.257 e. The van der Waals surface area contributed by atoms with Crippen molar-refractivity contribution in [2.45, 2.75) is 33.1 Å². The molecule has 0 saturated carbocycles. The molecular formula is C26H25N3O3S. The van der Waals surface area contributed by atoms with Crippen molar-refractivity contribution >= 4 is 40.0 Å². The Hall–Kier alpha value is -3.71. The number of oxazole rings is 1. The fraction of sp³-hybridized carbons (Fsp3) is 0.192. The Bertz CT molecular complexity index is 1330. The number of benzene rings is 3. The molecule has 7 heteroatoms. The molecule has 168 valence electrons. The number of aryl methyl sites for hydroxylation is 1. The average molecular weight is 460 g/mol. The minimum absolute atomic E-state index is 0.0306. The Morgan fingerprint density at radius 2 is 1.85 bits per heavy atom. The zero-order chi connectivity index (χ0) is 23.5. The third kappa shape index (κ3) is 5.04. The fourth-order valence-corrected chi connectivity index (χ4v) is 3.66. The van der Waals surface area contributed by atoms with E-state index in [1.165, 1.54) is 6.07 Å². The molecule has 4 aromatic rings. The van der Waals surface area contributed by atoms with E-state index in [1.54, 1.807) is 24.3 Å². The molecule has 0 unspecified atom stereocenters. The van der Waals surface area contributed by atoms with E-state index in [2.05, 4.69) is 36.4 Å². The van der Waals surface area contributed by atoms with Crippen LogP contribution in [0, 0.1) is 0 Å². The van der Waals surface area contributed by atoms with E-state index in [0.29, 0.717) is 34.2 Å². The molecule has 0 aliphatic carbocycles. The Morgan fingerprint density at radius 1 is 1.09 bits per heavy atom. The first-order valence-electron chi connectivity index (χ1n) is 10.8. The molecule has 33 heavy (non-hydrogen) atoms. The van der Waals surface area contributed by atoms with Crippen LogP contribution in [0.3, 0.4) is 0 Å². The van der Waals surface area contributed by atoms with E-state index >= 15 is 0 Å². The Labute approximate surface area is 197 Å². The first-order valence-corrected chi connectivity index (χ1v) is 11.2. The van der Waals surface area contributed by atoms with Crippen molar-refractivity contribution in [2.75, 3.05) is 5.32 Å². The van der Waals surface area contributed by atoms with Gasteiger partial charge >= 0.3 is 0 Å². The summed E-state index contributed by atoms with van der Waals surface area (Å²) >= 11 is 5.31. The van der Waals surface area contributed by atoms with Gasteiger partial charge < -0.3 is 14.8 Å². The van der Waals surface area contributed by atoms with Gasteiger partial charge in [-0.3, -0.25) is 10.1 Å². The Balaban J connectivity index is 1.49. The van der Waals surface area contributed by atoms with Gasteiger partial charge in [0.05, 0.1) is 5.56 Å². The van der Waals surface area contributed by atoms with E-state index in [0.717, 1.165) is 23.1 Å². The van der Waals surface area contributed by atoms with Crippen LogP contribution in [0.4, 0.5) is 5.69 Å². The number of hydrogen-bond donors (Lipinski definition) is 3. The number of aromatic nitrogens is 1. The summed E-state index contributed by atoms with van der Waals surface area (Å²) < 4.78 is 5.84. The molecule has 0 bridgehead atoms. The van der Waals surface area contributed by atoms with Gasteiger partial charge in [0.25, 0.3) is 5.91 Å². The SMILES string of the molecule is CCc1ccc2oc(-c3cc(NC(=S)NC(=O)c4ccc(C(C)C)cc4)ccc3O)nc2c1. The lowest BCUT2D eigenvalue weighted by atomic mass is 10.0. The van der Waals surface area contributed by atoms with Crippen LogP contribution in [-0.2, 0) is 6.42 Å². The molecule has 6 nitrogen and oxygen atoms in total. The Morgan fingerprint density at radius 3 is 2.55 bits per heavy atom. The number of fused-ring (bicyclic) bond motifs is 1. The van der Waals surface area contributed by atoms with Crippen LogP contribution >= 0.6 is 12.2 Å². The molecule has 0 aliphatic heterocycles. The third-order valence-electron chi connectivity index (χ3n) is 5.41. The highest BCUT2D eigenvalue weighted by Gasteiger charge is 2.15. The first-order chi connectivity index (χ1) is 15.8. The number of phenolic OH excluding ortho intramolecular Hbond substituents is 1. The number of amides is 1. The molecule has 0 aliphatic rings. The second-order valence-electron chi connectivity index (χ2n) is 8.09. The molecule has 4 rings (SSSR count). The molecule has 1 amide bonds. The van der Waals surface area contributed by atoms with Gasteiger partial charge in [0.2, 0.25) is 5.89 Å². The summed E-state index contributed by atoms with van der Waals surface area (Å²) in [4.78, 5) is 17.0. The standard InChI is InChI=1S/C26H25N3O3S/c1-4-16-5-12-23-21(13-16)28-25(32-23)20-14-19(10-11-22(20)30)27-26(33)29-24(31)18-8-6-17(7-9-18)15(2)3/h5-15,30H,4H2,1-3H3,(H2,27,29,31,33). The summed E-state index contributed by atoms with van der Waals surface area (Å²) in [5.74, 6) is 0.429. The van der Waals surface area contributed by atoms with Gasteiger partial charge in [-0.1, -0.05) is 39.0 Å². The number of phenols is 1. The monoisotopic (exact) mass is 459 g/mol. The van der Waals surface area contributed by atoms with E-state index in [9.17, 15) is 9.90 Å². The number of nitrogens with one attached hydrogen (secondary N) is 2. The van der Waals surface area contributed by atoms with Gasteiger partial charge in [-0.15, -0.1) is 0 Å². The second-order valence-corrected chi connectivity index (χ2v) is 8.50. The van der Waals surface area contributed by atoms with Crippen molar-refractivity contribution in [1.29, 1.82) is 0 Å². The van der Waals surface area contributed by atoms with Crippen molar-refractivity contribution in [3.05, 3.63) is 77.4 Å². The lowest BCUT2D eigenvalue weighted by molar-refractivity contribution is 0.0977. The fourth-order valence-electron chi connectivity index (χ4n) is 3.45. The number of aromatic hydroxyl groups is 1. The molecular weight excluding hydrogens is 434 g/mol. The van der Waals surface area contributed by atoms with Gasteiger partial charge in [0.15, 0.2) is 10.7 Å². The smallest absolute Gasteiger partial charge is 0.257 e. The van der Waals surface area contributed by atoms with E-state index in [-0.39, 0.29) is 16.8 Å². The molecule has 1 heterocycles. The summed E-state index contributed by atoms with van der Waals surface area (Å²) in [5, 5.41) is 16.2. The van der Waals surface area contributed by atoms with Gasteiger partial charge in [-0.2, -0.15) is 0 Å². The summed E-state index contributed by atoms with van der Waals surface area (Å²) in [6, 6.07) is 18.1.